The molecule has 0 aliphatic rings. The van der Waals surface area contributed by atoms with Crippen molar-refractivity contribution in [3.63, 3.8) is 0 Å². The summed E-state index contributed by atoms with van der Waals surface area (Å²) in [5.74, 6) is 0. The molecule has 4 aromatic heterocycles. The summed E-state index contributed by atoms with van der Waals surface area (Å²) in [4.78, 5) is 40.5. The molecule has 0 spiro atoms. The van der Waals surface area contributed by atoms with Crippen LogP contribution in [0, 0.1) is 0 Å². The predicted octanol–water partition coefficient (Wildman–Crippen LogP) is 13.8. The van der Waals surface area contributed by atoms with E-state index in [9.17, 15) is 4.79 Å². The highest BCUT2D eigenvalue weighted by atomic mass is 16.1. The van der Waals surface area contributed by atoms with Crippen LogP contribution < -0.4 is 11.1 Å². The van der Waals surface area contributed by atoms with Crippen LogP contribution >= 0.6 is 0 Å². The lowest BCUT2D eigenvalue weighted by atomic mass is 9.91. The average Bonchev–Trinajstić information content (AvgIpc) is 3.97. The Morgan fingerprint density at radius 3 is 1.33 bits per heavy atom. The lowest BCUT2D eigenvalue weighted by Gasteiger charge is -2.14. The Morgan fingerprint density at radius 1 is 0.303 bits per heavy atom. The highest BCUT2D eigenvalue weighted by molar-refractivity contribution is 6.22. The van der Waals surface area contributed by atoms with E-state index in [0.717, 1.165) is 110 Å². The van der Waals surface area contributed by atoms with Crippen LogP contribution in [-0.4, -0.2) is 18.8 Å². The second-order valence-corrected chi connectivity index (χ2v) is 17.2. The van der Waals surface area contributed by atoms with Gasteiger partial charge in [0.1, 0.15) is 11.3 Å². The zero-order valence-corrected chi connectivity index (χ0v) is 35.2. The first-order chi connectivity index (χ1) is 32.6. The zero-order valence-electron chi connectivity index (χ0n) is 35.2. The quantitative estimate of drug-likeness (QED) is 0.173. The van der Waals surface area contributed by atoms with E-state index in [2.05, 4.69) is 115 Å². The Morgan fingerprint density at radius 2 is 0.773 bits per heavy atom. The molecule has 0 atom stereocenters. The Kier molecular flexibility index (Phi) is 7.60. The monoisotopic (exact) mass is 842 g/mol. The fourth-order valence-corrected chi connectivity index (χ4v) is 10.6. The van der Waals surface area contributed by atoms with Crippen molar-refractivity contribution in [1.82, 2.24) is 18.8 Å². The van der Waals surface area contributed by atoms with Gasteiger partial charge < -0.3 is 0 Å². The van der Waals surface area contributed by atoms with Crippen molar-refractivity contribution in [3.05, 3.63) is 227 Å². The van der Waals surface area contributed by atoms with Gasteiger partial charge in [0.2, 0.25) is 0 Å². The molecule has 306 valence electrons. The van der Waals surface area contributed by atoms with Gasteiger partial charge in [-0.25, -0.2) is 9.97 Å². The van der Waals surface area contributed by atoms with Crippen molar-refractivity contribution in [1.29, 1.82) is 0 Å². The van der Waals surface area contributed by atoms with Gasteiger partial charge in [0.05, 0.1) is 22.1 Å². The SMILES string of the molecule is O=c1c2cccc3cc(-c4ccc5c(=O)n6c7cc(-c8ccccc8)cc(-c8ccccc8)c7nc6c6cccc4c56)cc(c32)c2nc3c(-c4ccccc4)cc(-c4ccccc4)cc3n12. The van der Waals surface area contributed by atoms with Crippen LogP contribution in [0.4, 0.5) is 0 Å². The number of hydrogen-bond donors (Lipinski definition) is 0. The van der Waals surface area contributed by atoms with E-state index in [-0.39, 0.29) is 11.1 Å². The molecule has 0 radical (unpaired) electrons. The van der Waals surface area contributed by atoms with Crippen LogP contribution in [0.25, 0.3) is 132 Å². The zero-order chi connectivity index (χ0) is 43.6. The molecule has 14 rings (SSSR count). The van der Waals surface area contributed by atoms with Crippen molar-refractivity contribution in [2.45, 2.75) is 0 Å². The van der Waals surface area contributed by atoms with Crippen molar-refractivity contribution in [2.24, 2.45) is 0 Å². The number of benzene rings is 10. The minimum atomic E-state index is -0.110. The molecule has 0 saturated carbocycles. The second-order valence-electron chi connectivity index (χ2n) is 17.2. The molecule has 0 bridgehead atoms. The van der Waals surface area contributed by atoms with E-state index < -0.39 is 0 Å². The maximum Gasteiger partial charge on any atom is 0.264 e. The number of pyridine rings is 2. The van der Waals surface area contributed by atoms with Gasteiger partial charge in [-0.15, -0.1) is 0 Å². The molecule has 0 aliphatic heterocycles. The third-order valence-corrected chi connectivity index (χ3v) is 13.6. The molecule has 4 heterocycles. The number of imidazole rings is 2. The summed E-state index contributed by atoms with van der Waals surface area (Å²) in [5.41, 5.74) is 14.2. The molecular weight excluding hydrogens is 809 g/mol. The summed E-state index contributed by atoms with van der Waals surface area (Å²) in [7, 11) is 0. The number of fused-ring (bicyclic) bond motifs is 8. The summed E-state index contributed by atoms with van der Waals surface area (Å²) in [5, 5.41) is 6.70. The molecule has 0 unspecified atom stereocenters. The molecule has 10 aromatic carbocycles. The highest BCUT2D eigenvalue weighted by Crippen LogP contribution is 2.42. The number of hydrogen-bond acceptors (Lipinski definition) is 4. The fraction of sp³-hybridized carbons (Fsp3) is 0. The summed E-state index contributed by atoms with van der Waals surface area (Å²) >= 11 is 0. The molecule has 6 heteroatoms. The average molecular weight is 843 g/mol. The lowest BCUT2D eigenvalue weighted by molar-refractivity contribution is 1.19. The highest BCUT2D eigenvalue weighted by Gasteiger charge is 2.24. The van der Waals surface area contributed by atoms with Gasteiger partial charge in [-0.3, -0.25) is 18.4 Å². The largest absolute Gasteiger partial charge is 0.268 e. The third-order valence-electron chi connectivity index (χ3n) is 13.6. The van der Waals surface area contributed by atoms with Gasteiger partial charge in [-0.2, -0.15) is 0 Å². The van der Waals surface area contributed by atoms with Crippen LogP contribution in [0.1, 0.15) is 0 Å². The Bertz CT molecular complexity index is 4410. The second kappa shape index (κ2) is 13.7. The normalized spacial score (nSPS) is 12.1. The van der Waals surface area contributed by atoms with Crippen LogP contribution in [0.3, 0.4) is 0 Å². The molecule has 0 saturated heterocycles. The minimum Gasteiger partial charge on any atom is -0.268 e. The Hall–Kier alpha value is -9.00. The van der Waals surface area contributed by atoms with Crippen molar-refractivity contribution in [2.75, 3.05) is 0 Å². The van der Waals surface area contributed by atoms with E-state index in [1.165, 1.54) is 0 Å². The van der Waals surface area contributed by atoms with Crippen molar-refractivity contribution >= 4 is 76.5 Å². The molecule has 0 N–H and O–H groups in total. The molecule has 6 nitrogen and oxygen atoms in total. The molecule has 0 amide bonds. The van der Waals surface area contributed by atoms with E-state index in [0.29, 0.717) is 22.1 Å². The molecule has 66 heavy (non-hydrogen) atoms. The standard InChI is InChI=1S/C60H34N4O2/c65-59-46-26-13-23-39-29-42(32-50(53(39)46)58-62-56-49(38-21-11-4-12-22-38)31-41(34-52(56)64(58)59)36-17-7-2-8-18-36)43-27-28-47-54-44(43)24-14-25-45(54)57-61-55-48(37-19-9-3-10-20-37)30-40(35-15-5-1-6-16-35)33-51(55)63(57)60(47)66/h1-34H. The van der Waals surface area contributed by atoms with Crippen LogP contribution in [-0.2, 0) is 0 Å². The first-order valence-electron chi connectivity index (χ1n) is 22.1. The first-order valence-corrected chi connectivity index (χ1v) is 22.1. The van der Waals surface area contributed by atoms with Gasteiger partial charge in [-0.1, -0.05) is 158 Å². The number of aromatic nitrogens is 4. The molecular formula is C60H34N4O2. The summed E-state index contributed by atoms with van der Waals surface area (Å²) < 4.78 is 3.61. The van der Waals surface area contributed by atoms with Gasteiger partial charge in [-0.05, 0) is 104 Å². The van der Waals surface area contributed by atoms with E-state index in [1.807, 2.05) is 95.4 Å². The maximum absolute atomic E-state index is 15.0. The van der Waals surface area contributed by atoms with Crippen LogP contribution in [0.5, 0.6) is 0 Å². The lowest BCUT2D eigenvalue weighted by Crippen LogP contribution is -2.13. The summed E-state index contributed by atoms with van der Waals surface area (Å²) in [6.45, 7) is 0. The Balaban J connectivity index is 1.04. The van der Waals surface area contributed by atoms with E-state index in [1.54, 1.807) is 4.40 Å². The number of nitrogens with zero attached hydrogens (tertiary/aromatic N) is 4. The first kappa shape index (κ1) is 36.5. The maximum atomic E-state index is 15.0. The summed E-state index contributed by atoms with van der Waals surface area (Å²) in [6.07, 6.45) is 0. The minimum absolute atomic E-state index is 0.100. The van der Waals surface area contributed by atoms with E-state index >= 15 is 4.79 Å². The van der Waals surface area contributed by atoms with Crippen LogP contribution in [0.15, 0.2) is 216 Å². The van der Waals surface area contributed by atoms with Gasteiger partial charge in [0.15, 0.2) is 0 Å². The van der Waals surface area contributed by atoms with Crippen molar-refractivity contribution < 1.29 is 0 Å². The van der Waals surface area contributed by atoms with E-state index in [4.69, 9.17) is 9.97 Å². The van der Waals surface area contributed by atoms with Crippen molar-refractivity contribution in [3.8, 4) is 55.6 Å². The molecule has 14 aromatic rings. The predicted molar refractivity (Wildman–Crippen MR) is 271 cm³/mol. The summed E-state index contributed by atoms with van der Waals surface area (Å²) in [6, 6.07) is 70.3. The third kappa shape index (κ3) is 5.18. The fourth-order valence-electron chi connectivity index (χ4n) is 10.6. The van der Waals surface area contributed by atoms with Gasteiger partial charge >= 0.3 is 0 Å². The molecule has 0 aliphatic carbocycles. The Labute approximate surface area is 376 Å². The van der Waals surface area contributed by atoms with Crippen LogP contribution in [0.2, 0.25) is 0 Å². The van der Waals surface area contributed by atoms with Gasteiger partial charge in [0.25, 0.3) is 11.1 Å². The topological polar surface area (TPSA) is 68.7 Å². The molecule has 0 fully saturated rings. The number of rotatable bonds is 5. The smallest absolute Gasteiger partial charge is 0.264 e. The van der Waals surface area contributed by atoms with Gasteiger partial charge in [0, 0.05) is 43.4 Å².